The van der Waals surface area contributed by atoms with Crippen LogP contribution < -0.4 is 14.8 Å². The average molecular weight is 435 g/mol. The highest BCUT2D eigenvalue weighted by Crippen LogP contribution is 2.45. The smallest absolute Gasteiger partial charge is 0.226 e. The van der Waals surface area contributed by atoms with Crippen LogP contribution in [0.4, 0.5) is 5.95 Å². The first-order valence-corrected chi connectivity index (χ1v) is 10.6. The second-order valence-corrected chi connectivity index (χ2v) is 8.37. The maximum absolute atomic E-state index is 13.4. The number of rotatable bonds is 2. The van der Waals surface area contributed by atoms with E-state index in [9.17, 15) is 4.79 Å². The number of halogens is 1. The van der Waals surface area contributed by atoms with Crippen LogP contribution >= 0.6 is 11.6 Å². The van der Waals surface area contributed by atoms with Gasteiger partial charge in [0.2, 0.25) is 5.95 Å². The number of fused-ring (bicyclic) bond motifs is 2. The van der Waals surface area contributed by atoms with Gasteiger partial charge in [0.25, 0.3) is 0 Å². The van der Waals surface area contributed by atoms with Crippen LogP contribution in [-0.2, 0) is 4.79 Å². The van der Waals surface area contributed by atoms with Crippen molar-refractivity contribution in [2.45, 2.75) is 24.8 Å². The van der Waals surface area contributed by atoms with Crippen molar-refractivity contribution in [2.75, 3.05) is 18.5 Å². The molecule has 1 aromatic heterocycles. The number of Topliss-reactive ketones (excluding diaryl/α,β-unsaturated/α-hetero) is 1. The molecule has 0 bridgehead atoms. The molecule has 2 aliphatic heterocycles. The highest BCUT2D eigenvalue weighted by atomic mass is 35.5. The fraction of sp³-hybridized carbons (Fsp3) is 0.261. The van der Waals surface area contributed by atoms with Crippen molar-refractivity contribution in [1.29, 1.82) is 0 Å². The Kier molecular flexibility index (Phi) is 4.24. The topological polar surface area (TPSA) is 78.3 Å². The molecule has 0 spiro atoms. The summed E-state index contributed by atoms with van der Waals surface area (Å²) in [6.45, 7) is 1.04. The van der Waals surface area contributed by atoms with Crippen molar-refractivity contribution < 1.29 is 14.3 Å². The van der Waals surface area contributed by atoms with Crippen LogP contribution in [-0.4, -0.2) is 33.8 Å². The molecule has 7 nitrogen and oxygen atoms in total. The third kappa shape index (κ3) is 3.08. The number of hydrogen-bond acceptors (Lipinski definition) is 6. The molecule has 1 aliphatic carbocycles. The minimum Gasteiger partial charge on any atom is -0.486 e. The summed E-state index contributed by atoms with van der Waals surface area (Å²) >= 11 is 6.05. The lowest BCUT2D eigenvalue weighted by molar-refractivity contribution is -0.116. The number of hydrogen-bond donors (Lipinski definition) is 1. The summed E-state index contributed by atoms with van der Waals surface area (Å²) in [6.07, 6.45) is 2.66. The number of benzene rings is 2. The van der Waals surface area contributed by atoms with E-state index in [0.29, 0.717) is 36.4 Å². The van der Waals surface area contributed by atoms with Crippen LogP contribution in [0.5, 0.6) is 11.5 Å². The molecule has 3 aliphatic rings. The molecular weight excluding hydrogens is 416 g/mol. The van der Waals surface area contributed by atoms with Gasteiger partial charge in [-0.05, 0) is 47.7 Å². The minimum absolute atomic E-state index is 0.0893. The summed E-state index contributed by atoms with van der Waals surface area (Å²) in [5.74, 6) is 2.23. The van der Waals surface area contributed by atoms with E-state index in [1.54, 1.807) is 4.68 Å². The molecule has 8 heteroatoms. The number of anilines is 1. The van der Waals surface area contributed by atoms with Gasteiger partial charge in [-0.25, -0.2) is 4.68 Å². The molecule has 0 saturated heterocycles. The zero-order valence-electron chi connectivity index (χ0n) is 16.5. The van der Waals surface area contributed by atoms with Gasteiger partial charge in [0.05, 0.1) is 0 Å². The summed E-state index contributed by atoms with van der Waals surface area (Å²) in [7, 11) is 0. The standard InChI is InChI=1S/C23H19ClN4O3/c24-16-4-1-13(2-5-16)15-9-17-21(18(29)10-15)22(28-23(27-17)25-12-26-28)14-3-6-19-20(11-14)31-8-7-30-19/h1-6,11-12,15,22H,7-10H2,(H,25,26,27). The van der Waals surface area contributed by atoms with Crippen LogP contribution in [0.25, 0.3) is 0 Å². The number of carbonyl (C=O) groups is 1. The van der Waals surface area contributed by atoms with E-state index in [0.717, 1.165) is 34.6 Å². The summed E-state index contributed by atoms with van der Waals surface area (Å²) in [6, 6.07) is 13.2. The van der Waals surface area contributed by atoms with Crippen molar-refractivity contribution >= 4 is 23.3 Å². The van der Waals surface area contributed by atoms with Crippen molar-refractivity contribution in [3.63, 3.8) is 0 Å². The molecule has 31 heavy (non-hydrogen) atoms. The first kappa shape index (κ1) is 18.4. The number of nitrogens with zero attached hydrogens (tertiary/aromatic N) is 3. The number of allylic oxidation sites excluding steroid dienone is 2. The molecule has 1 N–H and O–H groups in total. The van der Waals surface area contributed by atoms with Crippen molar-refractivity contribution in [3.05, 3.63) is 76.2 Å². The Bertz CT molecular complexity index is 1220. The molecule has 2 unspecified atom stereocenters. The zero-order chi connectivity index (χ0) is 20.9. The monoisotopic (exact) mass is 434 g/mol. The first-order chi connectivity index (χ1) is 15.2. The molecule has 3 heterocycles. The molecular formula is C23H19ClN4O3. The summed E-state index contributed by atoms with van der Waals surface area (Å²) in [5, 5.41) is 8.45. The van der Waals surface area contributed by atoms with Crippen LogP contribution in [0, 0.1) is 0 Å². The molecule has 0 fully saturated rings. The SMILES string of the molecule is O=C1CC(c2ccc(Cl)cc2)CC2=C1C(c1ccc3c(c1)OCCO3)n1ncnc1N2. The van der Waals surface area contributed by atoms with E-state index in [2.05, 4.69) is 15.4 Å². The van der Waals surface area contributed by atoms with E-state index >= 15 is 0 Å². The quantitative estimate of drug-likeness (QED) is 0.653. The summed E-state index contributed by atoms with van der Waals surface area (Å²) in [4.78, 5) is 17.8. The van der Waals surface area contributed by atoms with Gasteiger partial charge in [-0.1, -0.05) is 29.8 Å². The van der Waals surface area contributed by atoms with Crippen molar-refractivity contribution in [1.82, 2.24) is 14.8 Å². The third-order valence-electron chi connectivity index (χ3n) is 6.08. The van der Waals surface area contributed by atoms with Crippen LogP contribution in [0.15, 0.2) is 60.1 Å². The molecule has 2 aromatic carbocycles. The van der Waals surface area contributed by atoms with E-state index in [4.69, 9.17) is 21.1 Å². The number of carbonyl (C=O) groups excluding carboxylic acids is 1. The van der Waals surface area contributed by atoms with Crippen LogP contribution in [0.3, 0.4) is 0 Å². The van der Waals surface area contributed by atoms with Gasteiger partial charge in [0.1, 0.15) is 25.6 Å². The highest BCUT2D eigenvalue weighted by molar-refractivity contribution is 6.30. The predicted octanol–water partition coefficient (Wildman–Crippen LogP) is 4.12. The number of nitrogens with one attached hydrogen (secondary N) is 1. The van der Waals surface area contributed by atoms with E-state index in [1.165, 1.54) is 6.33 Å². The van der Waals surface area contributed by atoms with Crippen molar-refractivity contribution in [2.24, 2.45) is 0 Å². The Labute approximate surface area is 183 Å². The Morgan fingerprint density at radius 1 is 1.00 bits per heavy atom. The maximum Gasteiger partial charge on any atom is 0.226 e. The number of ketones is 1. The fourth-order valence-corrected chi connectivity index (χ4v) is 4.79. The van der Waals surface area contributed by atoms with Gasteiger partial charge in [0, 0.05) is 22.7 Å². The van der Waals surface area contributed by atoms with Crippen LogP contribution in [0.1, 0.15) is 35.9 Å². The van der Waals surface area contributed by atoms with Crippen LogP contribution in [0.2, 0.25) is 5.02 Å². The molecule has 156 valence electrons. The van der Waals surface area contributed by atoms with E-state index in [1.807, 2.05) is 42.5 Å². The molecule has 0 amide bonds. The zero-order valence-corrected chi connectivity index (χ0v) is 17.3. The number of ether oxygens (including phenoxy) is 2. The predicted molar refractivity (Wildman–Crippen MR) is 115 cm³/mol. The Morgan fingerprint density at radius 2 is 1.77 bits per heavy atom. The highest BCUT2D eigenvalue weighted by Gasteiger charge is 2.39. The van der Waals surface area contributed by atoms with Gasteiger partial charge < -0.3 is 14.8 Å². The Hall–Kier alpha value is -3.32. The molecule has 0 radical (unpaired) electrons. The average Bonchev–Trinajstić information content (AvgIpc) is 3.26. The Morgan fingerprint density at radius 3 is 2.61 bits per heavy atom. The molecule has 6 rings (SSSR count). The molecule has 2 atom stereocenters. The first-order valence-electron chi connectivity index (χ1n) is 10.2. The van der Waals surface area contributed by atoms with Gasteiger partial charge in [0.15, 0.2) is 17.3 Å². The van der Waals surface area contributed by atoms with Gasteiger partial charge in [-0.2, -0.15) is 10.1 Å². The lowest BCUT2D eigenvalue weighted by Crippen LogP contribution is -2.33. The fourth-order valence-electron chi connectivity index (χ4n) is 4.66. The second-order valence-electron chi connectivity index (χ2n) is 7.93. The van der Waals surface area contributed by atoms with Gasteiger partial charge >= 0.3 is 0 Å². The summed E-state index contributed by atoms with van der Waals surface area (Å²) < 4.78 is 13.2. The lowest BCUT2D eigenvalue weighted by atomic mass is 9.78. The van der Waals surface area contributed by atoms with Gasteiger partial charge in [-0.3, -0.25) is 4.79 Å². The Balaban J connectivity index is 1.43. The normalized spacial score (nSPS) is 21.9. The molecule has 0 saturated carbocycles. The van der Waals surface area contributed by atoms with E-state index < -0.39 is 0 Å². The van der Waals surface area contributed by atoms with E-state index in [-0.39, 0.29) is 17.7 Å². The lowest BCUT2D eigenvalue weighted by Gasteiger charge is -2.35. The summed E-state index contributed by atoms with van der Waals surface area (Å²) in [5.41, 5.74) is 3.66. The second kappa shape index (κ2) is 7.13. The maximum atomic E-state index is 13.4. The third-order valence-corrected chi connectivity index (χ3v) is 6.34. The molecule has 3 aromatic rings. The largest absolute Gasteiger partial charge is 0.486 e. The van der Waals surface area contributed by atoms with Crippen molar-refractivity contribution in [3.8, 4) is 11.5 Å². The number of aromatic nitrogens is 3. The van der Waals surface area contributed by atoms with Gasteiger partial charge in [-0.15, -0.1) is 0 Å². The minimum atomic E-state index is -0.358.